The molecule has 0 aliphatic heterocycles. The molecule has 0 saturated heterocycles. The number of nitro groups is 1. The number of fused-ring (bicyclic) bond motifs is 1. The monoisotopic (exact) mass is 267 g/mol. The highest BCUT2D eigenvalue weighted by Gasteiger charge is 2.10. The molecule has 98 valence electrons. The van der Waals surface area contributed by atoms with Gasteiger partial charge in [-0.2, -0.15) is 4.57 Å². The first-order valence-corrected chi connectivity index (χ1v) is 6.04. The van der Waals surface area contributed by atoms with E-state index in [2.05, 4.69) is 0 Å². The van der Waals surface area contributed by atoms with E-state index in [1.54, 1.807) is 18.3 Å². The lowest BCUT2D eigenvalue weighted by Crippen LogP contribution is -2.23. The molecule has 0 radical (unpaired) electrons. The van der Waals surface area contributed by atoms with E-state index in [1.807, 2.05) is 47.3 Å². The summed E-state index contributed by atoms with van der Waals surface area (Å²) in [6, 6.07) is 12.9. The second-order valence-electron chi connectivity index (χ2n) is 4.27. The van der Waals surface area contributed by atoms with Gasteiger partial charge in [-0.25, -0.2) is 0 Å². The Hall–Kier alpha value is -2.95. The van der Waals surface area contributed by atoms with Gasteiger partial charge in [0.25, 0.3) is 0 Å². The van der Waals surface area contributed by atoms with E-state index in [-0.39, 0.29) is 5.88 Å². The molecule has 0 aliphatic rings. The van der Waals surface area contributed by atoms with E-state index in [1.165, 1.54) is 6.07 Å². The zero-order chi connectivity index (χ0) is 13.9. The van der Waals surface area contributed by atoms with Gasteiger partial charge >= 0.3 is 5.88 Å². The van der Waals surface area contributed by atoms with Gasteiger partial charge in [0.2, 0.25) is 0 Å². The highest BCUT2D eigenvalue weighted by molar-refractivity contribution is 5.80. The van der Waals surface area contributed by atoms with Crippen LogP contribution >= 0.6 is 0 Å². The molecule has 3 aromatic rings. The van der Waals surface area contributed by atoms with E-state index < -0.39 is 4.92 Å². The molecule has 0 N–H and O–H groups in total. The first-order chi connectivity index (χ1) is 9.72. The third-order valence-corrected chi connectivity index (χ3v) is 2.91. The fourth-order valence-electron chi connectivity index (χ4n) is 1.93. The van der Waals surface area contributed by atoms with Gasteiger partial charge in [0.05, 0.1) is 6.07 Å². The summed E-state index contributed by atoms with van der Waals surface area (Å²) in [6.45, 7) is 0. The van der Waals surface area contributed by atoms with Gasteiger partial charge in [-0.05, 0) is 17.5 Å². The maximum absolute atomic E-state index is 10.5. The van der Waals surface area contributed by atoms with Crippen molar-refractivity contribution in [1.82, 2.24) is 0 Å². The Labute approximate surface area is 114 Å². The predicted octanol–water partition coefficient (Wildman–Crippen LogP) is 3.26. The molecule has 0 amide bonds. The third kappa shape index (κ3) is 2.42. The van der Waals surface area contributed by atoms with Gasteiger partial charge in [0.15, 0.2) is 18.6 Å². The molecule has 0 saturated carbocycles. The SMILES string of the molecule is O=[N+]([O-])c1ccc(/C=C\[n+]2ccc3ccccc3c2)o1. The molecule has 0 fully saturated rings. The fraction of sp³-hybridized carbons (Fsp3) is 0. The number of pyridine rings is 1. The van der Waals surface area contributed by atoms with Crippen LogP contribution < -0.4 is 4.57 Å². The van der Waals surface area contributed by atoms with Crippen LogP contribution in [0.5, 0.6) is 0 Å². The first kappa shape index (κ1) is 12.1. The van der Waals surface area contributed by atoms with Gasteiger partial charge in [-0.15, -0.1) is 0 Å². The zero-order valence-electron chi connectivity index (χ0n) is 10.5. The molecule has 0 unspecified atom stereocenters. The maximum Gasteiger partial charge on any atom is 0.433 e. The number of hydrogen-bond acceptors (Lipinski definition) is 3. The Morgan fingerprint density at radius 2 is 1.90 bits per heavy atom. The highest BCUT2D eigenvalue weighted by Crippen LogP contribution is 2.16. The van der Waals surface area contributed by atoms with Crippen molar-refractivity contribution >= 4 is 28.9 Å². The Bertz CT molecular complexity index is 805. The highest BCUT2D eigenvalue weighted by atomic mass is 16.6. The van der Waals surface area contributed by atoms with Crippen LogP contribution in [0.2, 0.25) is 0 Å². The number of nitrogens with zero attached hydrogens (tertiary/aromatic N) is 2. The summed E-state index contributed by atoms with van der Waals surface area (Å²) in [5.41, 5.74) is 0. The second-order valence-corrected chi connectivity index (χ2v) is 4.27. The summed E-state index contributed by atoms with van der Waals surface area (Å²) in [6.07, 6.45) is 7.36. The molecule has 2 heterocycles. The molecule has 0 spiro atoms. The van der Waals surface area contributed by atoms with Crippen molar-refractivity contribution in [3.63, 3.8) is 0 Å². The molecule has 5 nitrogen and oxygen atoms in total. The predicted molar refractivity (Wildman–Crippen MR) is 74.7 cm³/mol. The summed E-state index contributed by atoms with van der Waals surface area (Å²) in [5.74, 6) is 0.186. The second kappa shape index (κ2) is 4.97. The van der Waals surface area contributed by atoms with Gasteiger partial charge in [-0.3, -0.25) is 10.1 Å². The minimum absolute atomic E-state index is 0.256. The van der Waals surface area contributed by atoms with Crippen molar-refractivity contribution < 1.29 is 13.9 Å². The average Bonchev–Trinajstić information content (AvgIpc) is 2.94. The summed E-state index contributed by atoms with van der Waals surface area (Å²) in [5, 5.41) is 12.8. The Morgan fingerprint density at radius 3 is 2.65 bits per heavy atom. The van der Waals surface area contributed by atoms with Crippen LogP contribution in [0.15, 0.2) is 59.3 Å². The van der Waals surface area contributed by atoms with Crippen LogP contribution in [0, 0.1) is 10.1 Å². The minimum Gasteiger partial charge on any atom is -0.401 e. The van der Waals surface area contributed by atoms with E-state index in [0.29, 0.717) is 5.76 Å². The zero-order valence-corrected chi connectivity index (χ0v) is 10.5. The Balaban J connectivity index is 1.87. The molecule has 3 rings (SSSR count). The topological polar surface area (TPSA) is 60.2 Å². The molecule has 2 aromatic heterocycles. The van der Waals surface area contributed by atoms with Crippen LogP contribution in [-0.4, -0.2) is 4.92 Å². The van der Waals surface area contributed by atoms with Crippen molar-refractivity contribution in [2.75, 3.05) is 0 Å². The molecule has 1 aromatic carbocycles. The van der Waals surface area contributed by atoms with Crippen molar-refractivity contribution in [2.45, 2.75) is 0 Å². The van der Waals surface area contributed by atoms with Gasteiger partial charge in [0.1, 0.15) is 10.7 Å². The van der Waals surface area contributed by atoms with Gasteiger partial charge < -0.3 is 4.42 Å². The molecule has 0 aliphatic carbocycles. The van der Waals surface area contributed by atoms with Crippen molar-refractivity contribution in [3.8, 4) is 0 Å². The maximum atomic E-state index is 10.5. The Kier molecular flexibility index (Phi) is 3.01. The molecular formula is C15H11N2O3+. The summed E-state index contributed by atoms with van der Waals surface area (Å²) < 4.78 is 6.93. The van der Waals surface area contributed by atoms with E-state index in [0.717, 1.165) is 10.8 Å². The lowest BCUT2D eigenvalue weighted by Gasteiger charge is -1.93. The number of aromatic nitrogens is 1. The summed E-state index contributed by atoms with van der Waals surface area (Å²) in [7, 11) is 0. The smallest absolute Gasteiger partial charge is 0.401 e. The van der Waals surface area contributed by atoms with Gasteiger partial charge in [0, 0.05) is 17.5 Å². The Morgan fingerprint density at radius 1 is 1.10 bits per heavy atom. The normalized spacial score (nSPS) is 11.2. The summed E-state index contributed by atoms with van der Waals surface area (Å²) in [4.78, 5) is 9.96. The minimum atomic E-state index is -0.555. The van der Waals surface area contributed by atoms with Crippen molar-refractivity contribution in [2.24, 2.45) is 0 Å². The number of furan rings is 1. The number of hydrogen-bond donors (Lipinski definition) is 0. The average molecular weight is 267 g/mol. The van der Waals surface area contributed by atoms with E-state index in [9.17, 15) is 10.1 Å². The van der Waals surface area contributed by atoms with Crippen LogP contribution in [0.4, 0.5) is 5.88 Å². The molecule has 0 bridgehead atoms. The van der Waals surface area contributed by atoms with E-state index >= 15 is 0 Å². The lowest BCUT2D eigenvalue weighted by atomic mass is 10.2. The van der Waals surface area contributed by atoms with Crippen LogP contribution in [0.1, 0.15) is 5.76 Å². The number of benzene rings is 1. The molecular weight excluding hydrogens is 256 g/mol. The van der Waals surface area contributed by atoms with Gasteiger partial charge in [-0.1, -0.05) is 18.2 Å². The van der Waals surface area contributed by atoms with Crippen molar-refractivity contribution in [3.05, 3.63) is 70.7 Å². The van der Waals surface area contributed by atoms with Crippen LogP contribution in [0.25, 0.3) is 23.0 Å². The standard InChI is InChI=1S/C15H11N2O3/c18-17(19)15-6-5-14(20-15)8-10-16-9-7-12-3-1-2-4-13(12)11-16/h1-11H/q+1/b10-8-. The lowest BCUT2D eigenvalue weighted by molar-refractivity contribution is -0.565. The quantitative estimate of drug-likeness (QED) is 0.415. The first-order valence-electron chi connectivity index (χ1n) is 6.04. The fourth-order valence-corrected chi connectivity index (χ4v) is 1.93. The van der Waals surface area contributed by atoms with Crippen LogP contribution in [-0.2, 0) is 0 Å². The number of rotatable bonds is 3. The third-order valence-electron chi connectivity index (χ3n) is 2.91. The van der Waals surface area contributed by atoms with Crippen LogP contribution in [0.3, 0.4) is 0 Å². The van der Waals surface area contributed by atoms with Crippen molar-refractivity contribution in [1.29, 1.82) is 0 Å². The summed E-state index contributed by atoms with van der Waals surface area (Å²) >= 11 is 0. The largest absolute Gasteiger partial charge is 0.433 e. The molecule has 20 heavy (non-hydrogen) atoms. The molecule has 5 heteroatoms. The molecule has 0 atom stereocenters. The van der Waals surface area contributed by atoms with E-state index in [4.69, 9.17) is 4.42 Å².